The number of aryl methyl sites for hydroxylation is 2. The molecule has 3 aromatic rings. The third kappa shape index (κ3) is 4.28. The Hall–Kier alpha value is -3.67. The minimum Gasteiger partial charge on any atom is -0.455 e. The molecule has 0 aliphatic heterocycles. The van der Waals surface area contributed by atoms with Gasteiger partial charge >= 0.3 is 0 Å². The SMILES string of the molecule is Cc1ccc(CNC(=O)c2ccccc2NC(=O)c2oc3c(c2C)C(=O)CCC3)cc1. The highest BCUT2D eigenvalue weighted by Crippen LogP contribution is 2.30. The van der Waals surface area contributed by atoms with E-state index in [0.717, 1.165) is 17.5 Å². The molecule has 2 aromatic carbocycles. The number of furan rings is 1. The summed E-state index contributed by atoms with van der Waals surface area (Å²) in [6, 6.07) is 14.7. The van der Waals surface area contributed by atoms with Crippen LogP contribution in [0.5, 0.6) is 0 Å². The molecule has 2 N–H and O–H groups in total. The van der Waals surface area contributed by atoms with E-state index < -0.39 is 5.91 Å². The molecular weight excluding hydrogens is 392 g/mol. The highest BCUT2D eigenvalue weighted by atomic mass is 16.4. The second-order valence-corrected chi connectivity index (χ2v) is 7.80. The monoisotopic (exact) mass is 416 g/mol. The number of rotatable bonds is 5. The number of Topliss-reactive ketones (excluding diaryl/α,β-unsaturated/α-hetero) is 1. The van der Waals surface area contributed by atoms with Crippen molar-refractivity contribution in [1.29, 1.82) is 0 Å². The quantitative estimate of drug-likeness (QED) is 0.636. The summed E-state index contributed by atoms with van der Waals surface area (Å²) in [6.45, 7) is 4.11. The summed E-state index contributed by atoms with van der Waals surface area (Å²) in [5, 5.41) is 5.66. The van der Waals surface area contributed by atoms with Gasteiger partial charge < -0.3 is 15.1 Å². The lowest BCUT2D eigenvalue weighted by atomic mass is 9.94. The second kappa shape index (κ2) is 8.60. The molecule has 31 heavy (non-hydrogen) atoms. The number of para-hydroxylation sites is 1. The van der Waals surface area contributed by atoms with E-state index >= 15 is 0 Å². The standard InChI is InChI=1S/C25H24N2O4/c1-15-10-12-17(13-11-15)14-26-24(29)18-6-3-4-7-19(18)27-25(30)23-16(2)22-20(28)8-5-9-21(22)31-23/h3-4,6-7,10-13H,5,8-9,14H2,1-2H3,(H,26,29)(H,27,30). The third-order valence-corrected chi connectivity index (χ3v) is 5.51. The number of ketones is 1. The van der Waals surface area contributed by atoms with E-state index in [9.17, 15) is 14.4 Å². The molecule has 158 valence electrons. The summed E-state index contributed by atoms with van der Waals surface area (Å²) in [4.78, 5) is 37.9. The van der Waals surface area contributed by atoms with Crippen LogP contribution in [0.3, 0.4) is 0 Å². The first-order valence-corrected chi connectivity index (χ1v) is 10.3. The topological polar surface area (TPSA) is 88.4 Å². The van der Waals surface area contributed by atoms with Gasteiger partial charge in [-0.1, -0.05) is 42.0 Å². The van der Waals surface area contributed by atoms with Gasteiger partial charge in [-0.2, -0.15) is 0 Å². The lowest BCUT2D eigenvalue weighted by molar-refractivity contribution is 0.0947. The molecule has 2 amide bonds. The van der Waals surface area contributed by atoms with Crippen LogP contribution in [0, 0.1) is 13.8 Å². The van der Waals surface area contributed by atoms with Crippen molar-refractivity contribution in [2.24, 2.45) is 0 Å². The maximum Gasteiger partial charge on any atom is 0.291 e. The zero-order chi connectivity index (χ0) is 22.0. The molecule has 0 spiro atoms. The molecular formula is C25H24N2O4. The van der Waals surface area contributed by atoms with Gasteiger partial charge in [-0.05, 0) is 38.0 Å². The lowest BCUT2D eigenvalue weighted by Crippen LogP contribution is -2.25. The predicted molar refractivity (Wildman–Crippen MR) is 117 cm³/mol. The molecule has 0 saturated carbocycles. The van der Waals surface area contributed by atoms with E-state index in [1.807, 2.05) is 31.2 Å². The molecule has 1 aromatic heterocycles. The Morgan fingerprint density at radius 2 is 1.71 bits per heavy atom. The van der Waals surface area contributed by atoms with E-state index in [2.05, 4.69) is 10.6 Å². The Kier molecular flexibility index (Phi) is 5.71. The van der Waals surface area contributed by atoms with Gasteiger partial charge in [-0.25, -0.2) is 0 Å². The van der Waals surface area contributed by atoms with Crippen molar-refractivity contribution in [3.63, 3.8) is 0 Å². The molecule has 1 heterocycles. The molecule has 4 rings (SSSR count). The molecule has 0 unspecified atom stereocenters. The Labute approximate surface area is 180 Å². The number of amides is 2. The molecule has 1 aliphatic carbocycles. The number of benzene rings is 2. The number of nitrogens with one attached hydrogen (secondary N) is 2. The maximum atomic E-state index is 12.9. The van der Waals surface area contributed by atoms with E-state index in [1.54, 1.807) is 31.2 Å². The zero-order valence-corrected chi connectivity index (χ0v) is 17.6. The normalized spacial score (nSPS) is 12.9. The highest BCUT2D eigenvalue weighted by molar-refractivity contribution is 6.10. The zero-order valence-electron chi connectivity index (χ0n) is 17.6. The summed E-state index contributed by atoms with van der Waals surface area (Å²) in [5.41, 5.74) is 3.96. The fourth-order valence-electron chi connectivity index (χ4n) is 3.82. The van der Waals surface area contributed by atoms with Crippen LogP contribution in [0.2, 0.25) is 0 Å². The molecule has 0 fully saturated rings. The Morgan fingerprint density at radius 3 is 2.45 bits per heavy atom. The molecule has 0 bridgehead atoms. The van der Waals surface area contributed by atoms with Crippen molar-refractivity contribution in [3.8, 4) is 0 Å². The lowest BCUT2D eigenvalue weighted by Gasteiger charge is -2.11. The summed E-state index contributed by atoms with van der Waals surface area (Å²) >= 11 is 0. The minimum atomic E-state index is -0.474. The van der Waals surface area contributed by atoms with Crippen molar-refractivity contribution >= 4 is 23.3 Å². The Morgan fingerprint density at radius 1 is 0.968 bits per heavy atom. The van der Waals surface area contributed by atoms with Crippen molar-refractivity contribution < 1.29 is 18.8 Å². The average molecular weight is 416 g/mol. The first-order chi connectivity index (χ1) is 14.9. The third-order valence-electron chi connectivity index (χ3n) is 5.51. The van der Waals surface area contributed by atoms with Crippen LogP contribution in [0.4, 0.5) is 5.69 Å². The molecule has 0 saturated heterocycles. The van der Waals surface area contributed by atoms with Crippen LogP contribution in [0.1, 0.15) is 66.6 Å². The molecule has 0 atom stereocenters. The summed E-state index contributed by atoms with van der Waals surface area (Å²) < 4.78 is 5.72. The fourth-order valence-corrected chi connectivity index (χ4v) is 3.82. The Bertz CT molecular complexity index is 1160. The predicted octanol–water partition coefficient (Wildman–Crippen LogP) is 4.60. The Balaban J connectivity index is 1.51. The van der Waals surface area contributed by atoms with Crippen LogP contribution in [0.15, 0.2) is 52.9 Å². The number of hydrogen-bond donors (Lipinski definition) is 2. The van der Waals surface area contributed by atoms with Crippen LogP contribution in [-0.4, -0.2) is 17.6 Å². The van der Waals surface area contributed by atoms with Crippen molar-refractivity contribution in [1.82, 2.24) is 5.32 Å². The van der Waals surface area contributed by atoms with Crippen molar-refractivity contribution in [2.45, 2.75) is 39.7 Å². The van der Waals surface area contributed by atoms with E-state index in [4.69, 9.17) is 4.42 Å². The molecule has 1 aliphatic rings. The fraction of sp³-hybridized carbons (Fsp3) is 0.240. The van der Waals surface area contributed by atoms with E-state index in [-0.39, 0.29) is 17.5 Å². The maximum absolute atomic E-state index is 12.9. The van der Waals surface area contributed by atoms with Gasteiger partial charge in [0, 0.05) is 24.9 Å². The number of carbonyl (C=O) groups excluding carboxylic acids is 3. The van der Waals surface area contributed by atoms with Crippen LogP contribution in [-0.2, 0) is 13.0 Å². The smallest absolute Gasteiger partial charge is 0.291 e. The number of hydrogen-bond acceptors (Lipinski definition) is 4. The van der Waals surface area contributed by atoms with Gasteiger partial charge in [0.1, 0.15) is 5.76 Å². The summed E-state index contributed by atoms with van der Waals surface area (Å²) in [5.74, 6) is -0.0591. The molecule has 0 radical (unpaired) electrons. The van der Waals surface area contributed by atoms with Gasteiger partial charge in [0.15, 0.2) is 11.5 Å². The van der Waals surface area contributed by atoms with Gasteiger partial charge in [-0.15, -0.1) is 0 Å². The average Bonchev–Trinajstić information content (AvgIpc) is 3.11. The van der Waals surface area contributed by atoms with Crippen molar-refractivity contribution in [2.75, 3.05) is 5.32 Å². The van der Waals surface area contributed by atoms with Gasteiger partial charge in [-0.3, -0.25) is 14.4 Å². The second-order valence-electron chi connectivity index (χ2n) is 7.80. The van der Waals surface area contributed by atoms with E-state index in [1.165, 1.54) is 0 Å². The molecule has 6 heteroatoms. The van der Waals surface area contributed by atoms with Crippen LogP contribution in [0.25, 0.3) is 0 Å². The number of carbonyl (C=O) groups is 3. The number of anilines is 1. The van der Waals surface area contributed by atoms with Crippen LogP contribution >= 0.6 is 0 Å². The van der Waals surface area contributed by atoms with Gasteiger partial charge in [0.05, 0.1) is 16.8 Å². The molecule has 6 nitrogen and oxygen atoms in total. The first kappa shape index (κ1) is 20.6. The number of fused-ring (bicyclic) bond motifs is 1. The van der Waals surface area contributed by atoms with Crippen molar-refractivity contribution in [3.05, 3.63) is 87.9 Å². The summed E-state index contributed by atoms with van der Waals surface area (Å²) in [6.07, 6.45) is 1.84. The highest BCUT2D eigenvalue weighted by Gasteiger charge is 2.29. The van der Waals surface area contributed by atoms with Crippen LogP contribution < -0.4 is 10.6 Å². The van der Waals surface area contributed by atoms with E-state index in [0.29, 0.717) is 47.5 Å². The minimum absolute atomic E-state index is 0.0115. The van der Waals surface area contributed by atoms with Gasteiger partial charge in [0.25, 0.3) is 11.8 Å². The largest absolute Gasteiger partial charge is 0.455 e. The first-order valence-electron chi connectivity index (χ1n) is 10.3. The van der Waals surface area contributed by atoms with Gasteiger partial charge in [0.2, 0.25) is 0 Å². The summed E-state index contributed by atoms with van der Waals surface area (Å²) in [7, 11) is 0.